The topological polar surface area (TPSA) is 56.1 Å². The Morgan fingerprint density at radius 2 is 1.73 bits per heavy atom. The van der Waals surface area contributed by atoms with Crippen LogP contribution in [0.25, 0.3) is 5.57 Å². The third-order valence-corrected chi connectivity index (χ3v) is 6.86. The van der Waals surface area contributed by atoms with E-state index in [0.29, 0.717) is 25.1 Å². The van der Waals surface area contributed by atoms with Gasteiger partial charge in [0.05, 0.1) is 22.5 Å². The molecule has 2 aliphatic heterocycles. The number of carbonyl (C=O) groups excluding carboxylic acids is 1. The molecule has 0 saturated heterocycles. The highest BCUT2D eigenvalue weighted by Gasteiger charge is 2.74. The van der Waals surface area contributed by atoms with Crippen molar-refractivity contribution in [2.24, 2.45) is 5.10 Å². The molecule has 37 heavy (non-hydrogen) atoms. The van der Waals surface area contributed by atoms with Crippen molar-refractivity contribution in [1.82, 2.24) is 4.90 Å². The van der Waals surface area contributed by atoms with E-state index in [2.05, 4.69) is 5.10 Å². The van der Waals surface area contributed by atoms with E-state index in [0.717, 1.165) is 16.1 Å². The van der Waals surface area contributed by atoms with E-state index in [1.54, 1.807) is 35.2 Å². The lowest BCUT2D eigenvalue weighted by atomic mass is 9.88. The van der Waals surface area contributed by atoms with Crippen LogP contribution in [0.3, 0.4) is 0 Å². The Morgan fingerprint density at radius 3 is 2.30 bits per heavy atom. The molecular formula is C25H22ClF6N3O2. The summed E-state index contributed by atoms with van der Waals surface area (Å²) in [5.74, 6) is -0.0723. The lowest BCUT2D eigenvalue weighted by Crippen LogP contribution is -2.62. The number of alkyl halides is 6. The molecule has 0 bridgehead atoms. The maximum atomic E-state index is 13.7. The van der Waals surface area contributed by atoms with E-state index in [4.69, 9.17) is 11.6 Å². The molecule has 2 aliphatic rings. The van der Waals surface area contributed by atoms with Gasteiger partial charge in [0.1, 0.15) is 0 Å². The van der Waals surface area contributed by atoms with Gasteiger partial charge >= 0.3 is 12.4 Å². The zero-order valence-electron chi connectivity index (χ0n) is 19.4. The molecule has 0 saturated carbocycles. The fourth-order valence-corrected chi connectivity index (χ4v) is 4.72. The highest BCUT2D eigenvalue weighted by Crippen LogP contribution is 2.49. The van der Waals surface area contributed by atoms with Crippen molar-refractivity contribution < 1.29 is 36.2 Å². The Balaban J connectivity index is 1.77. The number of hydrazone groups is 1. The molecule has 0 aromatic heterocycles. The van der Waals surface area contributed by atoms with Gasteiger partial charge in [-0.3, -0.25) is 9.80 Å². The maximum Gasteiger partial charge on any atom is 0.431 e. The second-order valence-corrected chi connectivity index (χ2v) is 9.25. The van der Waals surface area contributed by atoms with Crippen molar-refractivity contribution in [3.63, 3.8) is 0 Å². The van der Waals surface area contributed by atoms with E-state index in [1.165, 1.54) is 25.1 Å². The predicted molar refractivity (Wildman–Crippen MR) is 127 cm³/mol. The van der Waals surface area contributed by atoms with Crippen LogP contribution < -0.4 is 5.01 Å². The predicted octanol–water partition coefficient (Wildman–Crippen LogP) is 6.14. The Labute approximate surface area is 213 Å². The van der Waals surface area contributed by atoms with Crippen molar-refractivity contribution in [3.05, 3.63) is 70.8 Å². The van der Waals surface area contributed by atoms with Crippen LogP contribution in [0, 0.1) is 0 Å². The van der Waals surface area contributed by atoms with Crippen LogP contribution in [0.15, 0.2) is 59.7 Å². The first-order valence-corrected chi connectivity index (χ1v) is 11.6. The summed E-state index contributed by atoms with van der Waals surface area (Å²) >= 11 is 6.23. The normalized spacial score (nSPS) is 19.1. The van der Waals surface area contributed by atoms with Crippen LogP contribution in [-0.4, -0.2) is 52.7 Å². The standard InChI is InChI=1S/C25H22ClF6N3O2/c1-15(36)34-11-9-16(10-12-34)17-5-4-6-18(13-17)21-14-22(23(37,24(27,28)29)25(30,31)32)33-35(21)20-8-3-2-7-19(20)26/h2-9,13,21,37H,10-12,14H2,1H3. The minimum atomic E-state index is -6.05. The average Bonchev–Trinajstić information content (AvgIpc) is 3.28. The number of hydrogen-bond acceptors (Lipinski definition) is 4. The van der Waals surface area contributed by atoms with Gasteiger partial charge in [0, 0.05) is 26.4 Å². The molecule has 2 heterocycles. The van der Waals surface area contributed by atoms with E-state index < -0.39 is 36.1 Å². The molecule has 5 nitrogen and oxygen atoms in total. The summed E-state index contributed by atoms with van der Waals surface area (Å²) in [5, 5.41) is 14.8. The highest BCUT2D eigenvalue weighted by molar-refractivity contribution is 6.33. The number of para-hydroxylation sites is 1. The first-order chi connectivity index (χ1) is 17.2. The van der Waals surface area contributed by atoms with Crippen molar-refractivity contribution in [3.8, 4) is 0 Å². The van der Waals surface area contributed by atoms with Gasteiger partial charge in [-0.05, 0) is 41.3 Å². The van der Waals surface area contributed by atoms with Crippen LogP contribution in [0.1, 0.15) is 36.9 Å². The molecule has 198 valence electrons. The molecule has 1 unspecified atom stereocenters. The second-order valence-electron chi connectivity index (χ2n) is 8.84. The molecule has 0 fully saturated rings. The van der Waals surface area contributed by atoms with Crippen molar-refractivity contribution in [1.29, 1.82) is 0 Å². The minimum Gasteiger partial charge on any atom is -0.369 e. The molecule has 2 aromatic rings. The second kappa shape index (κ2) is 9.68. The molecule has 0 radical (unpaired) electrons. The number of hydrogen-bond donors (Lipinski definition) is 1. The summed E-state index contributed by atoms with van der Waals surface area (Å²) in [6, 6.07) is 11.5. The SMILES string of the molecule is CC(=O)N1CC=C(c2cccc(C3CC(C(O)(C(F)(F)F)C(F)(F)F)=NN3c3ccccc3Cl)c2)CC1. The van der Waals surface area contributed by atoms with Crippen LogP contribution in [0.2, 0.25) is 5.02 Å². The molecule has 0 aliphatic carbocycles. The Hall–Kier alpha value is -3.05. The number of aliphatic hydroxyl groups is 1. The highest BCUT2D eigenvalue weighted by atomic mass is 35.5. The summed E-state index contributed by atoms with van der Waals surface area (Å²) in [5.41, 5.74) is -4.52. The number of nitrogens with zero attached hydrogens (tertiary/aromatic N) is 3. The first kappa shape index (κ1) is 27.0. The maximum absolute atomic E-state index is 13.7. The van der Waals surface area contributed by atoms with Gasteiger partial charge < -0.3 is 10.0 Å². The molecular weight excluding hydrogens is 524 g/mol. The van der Waals surface area contributed by atoms with Gasteiger partial charge in [0.15, 0.2) is 0 Å². The molecule has 2 aromatic carbocycles. The minimum absolute atomic E-state index is 0.0653. The monoisotopic (exact) mass is 545 g/mol. The summed E-state index contributed by atoms with van der Waals surface area (Å²) in [4.78, 5) is 13.3. The fourth-order valence-electron chi connectivity index (χ4n) is 4.50. The number of anilines is 1. The van der Waals surface area contributed by atoms with Crippen LogP contribution in [-0.2, 0) is 4.79 Å². The lowest BCUT2D eigenvalue weighted by molar-refractivity contribution is -0.338. The van der Waals surface area contributed by atoms with Crippen molar-refractivity contribution >= 4 is 34.5 Å². The van der Waals surface area contributed by atoms with Gasteiger partial charge in [-0.15, -0.1) is 0 Å². The van der Waals surface area contributed by atoms with Gasteiger partial charge in [-0.1, -0.05) is 48.0 Å². The molecule has 1 N–H and O–H groups in total. The van der Waals surface area contributed by atoms with Crippen LogP contribution >= 0.6 is 11.6 Å². The summed E-state index contributed by atoms with van der Waals surface area (Å²) < 4.78 is 81.9. The first-order valence-electron chi connectivity index (χ1n) is 11.3. The van der Waals surface area contributed by atoms with E-state index >= 15 is 0 Å². The van der Waals surface area contributed by atoms with Gasteiger partial charge in [0.2, 0.25) is 5.91 Å². The zero-order valence-corrected chi connectivity index (χ0v) is 20.2. The largest absolute Gasteiger partial charge is 0.431 e. The number of amides is 1. The Morgan fingerprint density at radius 1 is 1.05 bits per heavy atom. The van der Waals surface area contributed by atoms with Crippen LogP contribution in [0.4, 0.5) is 32.0 Å². The number of carbonyl (C=O) groups is 1. The van der Waals surface area contributed by atoms with E-state index in [1.807, 2.05) is 6.08 Å². The van der Waals surface area contributed by atoms with E-state index in [-0.39, 0.29) is 16.6 Å². The van der Waals surface area contributed by atoms with Crippen molar-refractivity contribution in [2.75, 3.05) is 18.1 Å². The molecule has 4 rings (SSSR count). The summed E-state index contributed by atoms with van der Waals surface area (Å²) in [6.45, 7) is 2.34. The quantitative estimate of drug-likeness (QED) is 0.470. The Bertz CT molecular complexity index is 1240. The molecule has 12 heteroatoms. The van der Waals surface area contributed by atoms with E-state index in [9.17, 15) is 36.2 Å². The Kier molecular flexibility index (Phi) is 7.06. The molecule has 1 amide bonds. The smallest absolute Gasteiger partial charge is 0.369 e. The third kappa shape index (κ3) is 4.94. The summed E-state index contributed by atoms with van der Waals surface area (Å²) in [6.07, 6.45) is -10.6. The number of rotatable bonds is 4. The summed E-state index contributed by atoms with van der Waals surface area (Å²) in [7, 11) is 0. The van der Waals surface area contributed by atoms with Crippen LogP contribution in [0.5, 0.6) is 0 Å². The van der Waals surface area contributed by atoms with Gasteiger partial charge in [0.25, 0.3) is 5.60 Å². The van der Waals surface area contributed by atoms with Crippen molar-refractivity contribution in [2.45, 2.75) is 43.8 Å². The zero-order chi connectivity index (χ0) is 27.2. The lowest BCUT2D eigenvalue weighted by Gasteiger charge is -2.32. The fraction of sp³-hybridized carbons (Fsp3) is 0.360. The number of benzene rings is 2. The third-order valence-electron chi connectivity index (χ3n) is 6.54. The van der Waals surface area contributed by atoms with Gasteiger partial charge in [-0.25, -0.2) is 0 Å². The molecule has 1 atom stereocenters. The molecule has 0 spiro atoms. The average molecular weight is 546 g/mol. The number of halogens is 7. The van der Waals surface area contributed by atoms with Gasteiger partial charge in [-0.2, -0.15) is 31.4 Å².